The molecule has 0 aliphatic carbocycles. The van der Waals surface area contributed by atoms with Gasteiger partial charge in [0.05, 0.1) is 5.75 Å². The van der Waals surface area contributed by atoms with E-state index in [2.05, 4.69) is 11.9 Å². The number of carbonyl (C=O) groups is 1. The topological polar surface area (TPSA) is 66.5 Å². The molecule has 1 aliphatic heterocycles. The van der Waals surface area contributed by atoms with Crippen LogP contribution in [0.25, 0.3) is 0 Å². The fraction of sp³-hybridized carbons (Fsp3) is 0.750. The lowest BCUT2D eigenvalue weighted by atomic mass is 9.97. The molecular weight excluding hydrogens is 252 g/mol. The van der Waals surface area contributed by atoms with E-state index in [9.17, 15) is 13.2 Å². The van der Waals surface area contributed by atoms with Gasteiger partial charge in [-0.15, -0.1) is 6.58 Å². The summed E-state index contributed by atoms with van der Waals surface area (Å²) in [5, 5.41) is 2.76. The highest BCUT2D eigenvalue weighted by Crippen LogP contribution is 2.20. The molecule has 1 N–H and O–H groups in total. The Morgan fingerprint density at radius 2 is 2.06 bits per heavy atom. The summed E-state index contributed by atoms with van der Waals surface area (Å²) in [7, 11) is -3.11. The van der Waals surface area contributed by atoms with E-state index in [0.717, 1.165) is 0 Å². The van der Waals surface area contributed by atoms with E-state index in [4.69, 9.17) is 0 Å². The Labute approximate surface area is 109 Å². The van der Waals surface area contributed by atoms with Crippen LogP contribution < -0.4 is 5.32 Å². The van der Waals surface area contributed by atoms with Gasteiger partial charge in [0.1, 0.15) is 0 Å². The standard InChI is InChI=1S/C12H22N2O3S/c1-3-7-13-12(15)11-5-8-14(9-6-11)18(16,17)10-4-2/h3,11H,1,4-10H2,2H3,(H,13,15). The molecule has 18 heavy (non-hydrogen) atoms. The Morgan fingerprint density at radius 3 is 2.56 bits per heavy atom. The second kappa shape index (κ2) is 6.89. The van der Waals surface area contributed by atoms with Gasteiger partial charge < -0.3 is 5.32 Å². The Bertz CT molecular complexity index is 384. The lowest BCUT2D eigenvalue weighted by Crippen LogP contribution is -2.43. The van der Waals surface area contributed by atoms with Crippen LogP contribution in [0.4, 0.5) is 0 Å². The van der Waals surface area contributed by atoms with Crippen LogP contribution in [0.15, 0.2) is 12.7 Å². The summed E-state index contributed by atoms with van der Waals surface area (Å²) >= 11 is 0. The quantitative estimate of drug-likeness (QED) is 0.727. The first kappa shape index (κ1) is 15.2. The smallest absolute Gasteiger partial charge is 0.223 e. The van der Waals surface area contributed by atoms with Crippen LogP contribution in [0, 0.1) is 5.92 Å². The number of sulfonamides is 1. The van der Waals surface area contributed by atoms with E-state index < -0.39 is 10.0 Å². The Hall–Kier alpha value is -0.880. The molecule has 0 unspecified atom stereocenters. The van der Waals surface area contributed by atoms with Gasteiger partial charge in [-0.2, -0.15) is 0 Å². The highest BCUT2D eigenvalue weighted by atomic mass is 32.2. The summed E-state index contributed by atoms with van der Waals surface area (Å²) in [5.74, 6) is 0.126. The molecule has 1 fully saturated rings. The second-order valence-corrected chi connectivity index (χ2v) is 6.61. The summed E-state index contributed by atoms with van der Waals surface area (Å²) < 4.78 is 25.2. The maximum absolute atomic E-state index is 11.8. The van der Waals surface area contributed by atoms with Crippen molar-refractivity contribution in [1.82, 2.24) is 9.62 Å². The first-order valence-electron chi connectivity index (χ1n) is 6.37. The molecule has 0 aromatic carbocycles. The summed E-state index contributed by atoms with van der Waals surface area (Å²) in [4.78, 5) is 11.7. The summed E-state index contributed by atoms with van der Waals surface area (Å²) in [6.45, 7) is 6.77. The van der Waals surface area contributed by atoms with Crippen LogP contribution in [0.3, 0.4) is 0 Å². The largest absolute Gasteiger partial charge is 0.352 e. The third kappa shape index (κ3) is 4.10. The zero-order valence-electron chi connectivity index (χ0n) is 10.9. The minimum atomic E-state index is -3.11. The van der Waals surface area contributed by atoms with E-state index in [1.807, 2.05) is 6.92 Å². The lowest BCUT2D eigenvalue weighted by Gasteiger charge is -2.30. The highest BCUT2D eigenvalue weighted by Gasteiger charge is 2.30. The highest BCUT2D eigenvalue weighted by molar-refractivity contribution is 7.89. The number of hydrogen-bond acceptors (Lipinski definition) is 3. The Morgan fingerprint density at radius 1 is 1.44 bits per heavy atom. The second-order valence-electron chi connectivity index (χ2n) is 4.52. The average molecular weight is 274 g/mol. The number of hydrogen-bond donors (Lipinski definition) is 1. The van der Waals surface area contributed by atoms with Crippen molar-refractivity contribution >= 4 is 15.9 Å². The Balaban J connectivity index is 2.46. The van der Waals surface area contributed by atoms with Gasteiger partial charge in [0.25, 0.3) is 0 Å². The van der Waals surface area contributed by atoms with E-state index in [0.29, 0.717) is 38.9 Å². The molecule has 1 heterocycles. The monoisotopic (exact) mass is 274 g/mol. The molecule has 0 aromatic heterocycles. The number of piperidine rings is 1. The van der Waals surface area contributed by atoms with Crippen LogP contribution in [-0.4, -0.2) is 44.0 Å². The van der Waals surface area contributed by atoms with Crippen molar-refractivity contribution in [3.05, 3.63) is 12.7 Å². The maximum Gasteiger partial charge on any atom is 0.223 e. The van der Waals surface area contributed by atoms with Gasteiger partial charge in [-0.05, 0) is 19.3 Å². The molecule has 0 bridgehead atoms. The van der Waals surface area contributed by atoms with Crippen molar-refractivity contribution in [2.24, 2.45) is 5.92 Å². The molecule has 0 radical (unpaired) electrons. The molecule has 0 spiro atoms. The van der Waals surface area contributed by atoms with Gasteiger partial charge in [-0.25, -0.2) is 12.7 Å². The Kier molecular flexibility index (Phi) is 5.81. The van der Waals surface area contributed by atoms with Crippen LogP contribution in [0.5, 0.6) is 0 Å². The predicted molar refractivity (Wildman–Crippen MR) is 71.6 cm³/mol. The molecule has 1 amide bonds. The van der Waals surface area contributed by atoms with E-state index in [1.54, 1.807) is 6.08 Å². The molecule has 5 nitrogen and oxygen atoms in total. The third-order valence-electron chi connectivity index (χ3n) is 3.10. The van der Waals surface area contributed by atoms with Crippen LogP contribution in [0.2, 0.25) is 0 Å². The summed E-state index contributed by atoms with van der Waals surface area (Å²) in [6, 6.07) is 0. The van der Waals surface area contributed by atoms with Gasteiger partial charge in [-0.3, -0.25) is 4.79 Å². The van der Waals surface area contributed by atoms with Crippen LogP contribution in [0.1, 0.15) is 26.2 Å². The molecule has 0 saturated carbocycles. The van der Waals surface area contributed by atoms with Gasteiger partial charge in [0.2, 0.25) is 15.9 Å². The first-order valence-corrected chi connectivity index (χ1v) is 7.98. The lowest BCUT2D eigenvalue weighted by molar-refractivity contribution is -0.125. The van der Waals surface area contributed by atoms with E-state index in [-0.39, 0.29) is 17.6 Å². The molecule has 6 heteroatoms. The molecule has 104 valence electrons. The molecule has 0 aromatic rings. The predicted octanol–water partition coefficient (Wildman–Crippen LogP) is 0.740. The van der Waals surface area contributed by atoms with Crippen LogP contribution in [-0.2, 0) is 14.8 Å². The molecular formula is C12H22N2O3S. The van der Waals surface area contributed by atoms with E-state index in [1.165, 1.54) is 4.31 Å². The van der Waals surface area contributed by atoms with Gasteiger partial charge in [0, 0.05) is 25.6 Å². The van der Waals surface area contributed by atoms with Gasteiger partial charge >= 0.3 is 0 Å². The number of nitrogens with zero attached hydrogens (tertiary/aromatic N) is 1. The van der Waals surface area contributed by atoms with Gasteiger partial charge in [0.15, 0.2) is 0 Å². The maximum atomic E-state index is 11.8. The zero-order chi connectivity index (χ0) is 13.6. The number of amides is 1. The molecule has 1 saturated heterocycles. The zero-order valence-corrected chi connectivity index (χ0v) is 11.7. The molecule has 1 rings (SSSR count). The minimum absolute atomic E-state index is 0.00226. The van der Waals surface area contributed by atoms with Crippen molar-refractivity contribution < 1.29 is 13.2 Å². The third-order valence-corrected chi connectivity index (χ3v) is 5.18. The first-order chi connectivity index (χ1) is 8.51. The molecule has 1 aliphatic rings. The van der Waals surface area contributed by atoms with Crippen molar-refractivity contribution in [2.75, 3.05) is 25.4 Å². The number of carbonyl (C=O) groups excluding carboxylic acids is 1. The van der Waals surface area contributed by atoms with Crippen LogP contribution >= 0.6 is 0 Å². The van der Waals surface area contributed by atoms with Crippen molar-refractivity contribution in [1.29, 1.82) is 0 Å². The fourth-order valence-corrected chi connectivity index (χ4v) is 3.64. The number of rotatable bonds is 6. The van der Waals surface area contributed by atoms with E-state index >= 15 is 0 Å². The minimum Gasteiger partial charge on any atom is -0.352 e. The van der Waals surface area contributed by atoms with Gasteiger partial charge in [-0.1, -0.05) is 13.0 Å². The van der Waals surface area contributed by atoms with Crippen molar-refractivity contribution in [2.45, 2.75) is 26.2 Å². The number of nitrogens with one attached hydrogen (secondary N) is 1. The normalized spacial score (nSPS) is 18.5. The SMILES string of the molecule is C=CCNC(=O)C1CCN(S(=O)(=O)CCC)CC1. The fourth-order valence-electron chi connectivity index (χ4n) is 2.10. The van der Waals surface area contributed by atoms with Crippen molar-refractivity contribution in [3.8, 4) is 0 Å². The summed E-state index contributed by atoms with van der Waals surface area (Å²) in [5.41, 5.74) is 0. The molecule has 0 atom stereocenters. The average Bonchev–Trinajstić information content (AvgIpc) is 2.36. The summed E-state index contributed by atoms with van der Waals surface area (Å²) in [6.07, 6.45) is 3.47. The van der Waals surface area contributed by atoms with Crippen molar-refractivity contribution in [3.63, 3.8) is 0 Å².